The predicted octanol–water partition coefficient (Wildman–Crippen LogP) is 6.54. The van der Waals surface area contributed by atoms with Crippen LogP contribution in [0.2, 0.25) is 0 Å². The lowest BCUT2D eigenvalue weighted by molar-refractivity contribution is 0.0810. The van der Waals surface area contributed by atoms with Gasteiger partial charge in [0.1, 0.15) is 17.6 Å². The summed E-state index contributed by atoms with van der Waals surface area (Å²) in [6.07, 6.45) is 2.97. The van der Waals surface area contributed by atoms with Crippen molar-refractivity contribution in [3.63, 3.8) is 0 Å². The van der Waals surface area contributed by atoms with Gasteiger partial charge in [0.2, 0.25) is 0 Å². The van der Waals surface area contributed by atoms with Gasteiger partial charge in [0.05, 0.1) is 19.4 Å². The molecular formula is C28H31NO3. The second-order valence-corrected chi connectivity index (χ2v) is 8.32. The number of hydrogen-bond acceptors (Lipinski definition) is 4. The minimum Gasteiger partial charge on any atom is -0.496 e. The SMILES string of the molecule is COC[C@@H](Oc1ccc2c(c1)C(=Nc1cc(C)c(OC)c(C)c1)CCC2)c1ccccc1. The highest BCUT2D eigenvalue weighted by atomic mass is 16.5. The molecule has 0 amide bonds. The molecule has 1 aliphatic carbocycles. The minimum absolute atomic E-state index is 0.157. The molecule has 166 valence electrons. The number of nitrogens with zero attached hydrogens (tertiary/aromatic N) is 1. The second kappa shape index (κ2) is 10.0. The molecule has 0 heterocycles. The Morgan fingerprint density at radius 2 is 1.66 bits per heavy atom. The van der Waals surface area contributed by atoms with Gasteiger partial charge in [-0.05, 0) is 79.6 Å². The largest absolute Gasteiger partial charge is 0.496 e. The molecule has 0 unspecified atom stereocenters. The number of aryl methyl sites for hydroxylation is 3. The summed E-state index contributed by atoms with van der Waals surface area (Å²) in [7, 11) is 3.42. The van der Waals surface area contributed by atoms with Gasteiger partial charge in [0.25, 0.3) is 0 Å². The van der Waals surface area contributed by atoms with E-state index in [9.17, 15) is 0 Å². The molecule has 0 radical (unpaired) electrons. The fourth-order valence-corrected chi connectivity index (χ4v) is 4.46. The Hall–Kier alpha value is -3.11. The van der Waals surface area contributed by atoms with E-state index in [4.69, 9.17) is 19.2 Å². The lowest BCUT2D eigenvalue weighted by Gasteiger charge is -2.22. The molecule has 0 aromatic heterocycles. The van der Waals surface area contributed by atoms with Crippen LogP contribution in [-0.2, 0) is 11.2 Å². The molecule has 1 aliphatic rings. The van der Waals surface area contributed by atoms with E-state index >= 15 is 0 Å². The highest BCUT2D eigenvalue weighted by Gasteiger charge is 2.19. The maximum atomic E-state index is 6.38. The van der Waals surface area contributed by atoms with Gasteiger partial charge in [-0.2, -0.15) is 0 Å². The van der Waals surface area contributed by atoms with Crippen molar-refractivity contribution >= 4 is 11.4 Å². The highest BCUT2D eigenvalue weighted by Crippen LogP contribution is 2.32. The van der Waals surface area contributed by atoms with Crippen LogP contribution in [0.25, 0.3) is 0 Å². The molecule has 1 atom stereocenters. The van der Waals surface area contributed by atoms with Crippen molar-refractivity contribution in [2.24, 2.45) is 4.99 Å². The van der Waals surface area contributed by atoms with Crippen LogP contribution in [0.3, 0.4) is 0 Å². The van der Waals surface area contributed by atoms with Crippen molar-refractivity contribution in [2.75, 3.05) is 20.8 Å². The molecule has 3 aromatic rings. The van der Waals surface area contributed by atoms with E-state index in [0.29, 0.717) is 6.61 Å². The van der Waals surface area contributed by atoms with Crippen LogP contribution in [0.15, 0.2) is 65.7 Å². The van der Waals surface area contributed by atoms with E-state index in [2.05, 4.69) is 56.3 Å². The zero-order valence-electron chi connectivity index (χ0n) is 19.4. The lowest BCUT2D eigenvalue weighted by atomic mass is 9.89. The number of hydrogen-bond donors (Lipinski definition) is 0. The van der Waals surface area contributed by atoms with Crippen LogP contribution in [0.4, 0.5) is 5.69 Å². The quantitative estimate of drug-likeness (QED) is 0.428. The van der Waals surface area contributed by atoms with E-state index in [1.165, 1.54) is 11.1 Å². The van der Waals surface area contributed by atoms with Crippen molar-refractivity contribution in [1.29, 1.82) is 0 Å². The molecule has 4 heteroatoms. The Bertz CT molecular complexity index is 1080. The summed E-state index contributed by atoms with van der Waals surface area (Å²) >= 11 is 0. The molecule has 0 N–H and O–H groups in total. The number of ether oxygens (including phenoxy) is 3. The Labute approximate surface area is 190 Å². The minimum atomic E-state index is -0.157. The molecule has 0 bridgehead atoms. The zero-order valence-corrected chi connectivity index (χ0v) is 19.4. The first-order chi connectivity index (χ1) is 15.6. The Balaban J connectivity index is 1.66. The predicted molar refractivity (Wildman–Crippen MR) is 130 cm³/mol. The fraction of sp³-hybridized carbons (Fsp3) is 0.321. The highest BCUT2D eigenvalue weighted by molar-refractivity contribution is 6.04. The van der Waals surface area contributed by atoms with Gasteiger partial charge in [0, 0.05) is 18.4 Å². The zero-order chi connectivity index (χ0) is 22.5. The van der Waals surface area contributed by atoms with E-state index in [-0.39, 0.29) is 6.10 Å². The van der Waals surface area contributed by atoms with Crippen LogP contribution in [0.5, 0.6) is 11.5 Å². The van der Waals surface area contributed by atoms with Crippen LogP contribution in [0.1, 0.15) is 46.8 Å². The maximum Gasteiger partial charge on any atom is 0.147 e. The van der Waals surface area contributed by atoms with Crippen molar-refractivity contribution in [3.8, 4) is 11.5 Å². The molecule has 3 aromatic carbocycles. The van der Waals surface area contributed by atoms with Gasteiger partial charge >= 0.3 is 0 Å². The van der Waals surface area contributed by atoms with Gasteiger partial charge in [-0.3, -0.25) is 4.99 Å². The van der Waals surface area contributed by atoms with Crippen molar-refractivity contribution in [2.45, 2.75) is 39.2 Å². The summed E-state index contributed by atoms with van der Waals surface area (Å²) in [5.41, 5.74) is 7.90. The van der Waals surface area contributed by atoms with E-state index in [1.807, 2.05) is 18.2 Å². The summed E-state index contributed by atoms with van der Waals surface area (Å²) in [6.45, 7) is 4.62. The van der Waals surface area contributed by atoms with Crippen LogP contribution >= 0.6 is 0 Å². The summed E-state index contributed by atoms with van der Waals surface area (Å²) < 4.78 is 17.3. The smallest absolute Gasteiger partial charge is 0.147 e. The molecule has 0 aliphatic heterocycles. The Morgan fingerprint density at radius 3 is 2.34 bits per heavy atom. The van der Waals surface area contributed by atoms with Crippen LogP contribution in [0, 0.1) is 13.8 Å². The van der Waals surface area contributed by atoms with E-state index < -0.39 is 0 Å². The van der Waals surface area contributed by atoms with Crippen LogP contribution in [-0.4, -0.2) is 26.5 Å². The summed E-state index contributed by atoms with van der Waals surface area (Å²) in [5, 5.41) is 0. The van der Waals surface area contributed by atoms with Crippen LogP contribution < -0.4 is 9.47 Å². The monoisotopic (exact) mass is 429 g/mol. The molecule has 0 saturated carbocycles. The molecule has 4 rings (SSSR count). The topological polar surface area (TPSA) is 40.0 Å². The van der Waals surface area contributed by atoms with Gasteiger partial charge in [-0.25, -0.2) is 0 Å². The van der Waals surface area contributed by atoms with Crippen molar-refractivity contribution < 1.29 is 14.2 Å². The van der Waals surface area contributed by atoms with E-state index in [1.54, 1.807) is 14.2 Å². The number of methoxy groups -OCH3 is 2. The summed E-state index contributed by atoms with van der Waals surface area (Å²) in [6, 6.07) is 20.8. The van der Waals surface area contributed by atoms with E-state index in [0.717, 1.165) is 58.9 Å². The number of rotatable bonds is 7. The average Bonchev–Trinajstić information content (AvgIpc) is 2.79. The maximum absolute atomic E-state index is 6.38. The third kappa shape index (κ3) is 4.86. The number of benzene rings is 3. The molecule has 0 saturated heterocycles. The molecule has 32 heavy (non-hydrogen) atoms. The third-order valence-corrected chi connectivity index (χ3v) is 5.93. The van der Waals surface area contributed by atoms with Gasteiger partial charge < -0.3 is 14.2 Å². The normalized spacial score (nSPS) is 15.3. The van der Waals surface area contributed by atoms with Gasteiger partial charge in [0.15, 0.2) is 0 Å². The standard InChI is InChI=1S/C28H31NO3/c1-19-15-23(16-20(2)28(19)31-4)29-26-12-8-11-21-13-14-24(17-25(21)26)32-27(18-30-3)22-9-6-5-7-10-22/h5-7,9-10,13-17,27H,8,11-12,18H2,1-4H3/t27-/m1/s1. The Kier molecular flexibility index (Phi) is 6.91. The average molecular weight is 430 g/mol. The fourth-order valence-electron chi connectivity index (χ4n) is 4.46. The molecular weight excluding hydrogens is 398 g/mol. The Morgan fingerprint density at radius 1 is 0.906 bits per heavy atom. The first kappa shape index (κ1) is 22.1. The lowest BCUT2D eigenvalue weighted by Crippen LogP contribution is -2.15. The first-order valence-corrected chi connectivity index (χ1v) is 11.2. The summed E-state index contributed by atoms with van der Waals surface area (Å²) in [4.78, 5) is 5.05. The van der Waals surface area contributed by atoms with Crippen molar-refractivity contribution in [1.82, 2.24) is 0 Å². The van der Waals surface area contributed by atoms with Gasteiger partial charge in [-0.1, -0.05) is 36.4 Å². The molecule has 4 nitrogen and oxygen atoms in total. The summed E-state index contributed by atoms with van der Waals surface area (Å²) in [5.74, 6) is 1.77. The number of fused-ring (bicyclic) bond motifs is 1. The first-order valence-electron chi connectivity index (χ1n) is 11.2. The number of aliphatic imine (C=N–C) groups is 1. The molecule has 0 fully saturated rings. The van der Waals surface area contributed by atoms with Crippen molar-refractivity contribution in [3.05, 3.63) is 88.5 Å². The molecule has 0 spiro atoms. The second-order valence-electron chi connectivity index (χ2n) is 8.32. The van der Waals surface area contributed by atoms with Gasteiger partial charge in [-0.15, -0.1) is 0 Å². The third-order valence-electron chi connectivity index (χ3n) is 5.93.